The number of nitrogens with zero attached hydrogens (tertiary/aromatic N) is 1. The third-order valence-corrected chi connectivity index (χ3v) is 5.07. The Morgan fingerprint density at radius 3 is 2.24 bits per heavy atom. The van der Waals surface area contributed by atoms with Crippen LogP contribution in [-0.4, -0.2) is 35.4 Å². The highest BCUT2D eigenvalue weighted by molar-refractivity contribution is 5.23. The van der Waals surface area contributed by atoms with E-state index in [0.717, 1.165) is 31.1 Å². The average molecular weight is 339 g/mol. The highest BCUT2D eigenvalue weighted by Gasteiger charge is 2.31. The van der Waals surface area contributed by atoms with E-state index < -0.39 is 5.79 Å². The molecular weight excluding hydrogens is 310 g/mol. The zero-order chi connectivity index (χ0) is 17.5. The van der Waals surface area contributed by atoms with Gasteiger partial charge in [-0.15, -0.1) is 0 Å². The Morgan fingerprint density at radius 2 is 1.60 bits per heavy atom. The highest BCUT2D eigenvalue weighted by Crippen LogP contribution is 2.25. The molecule has 1 N–H and O–H groups in total. The third-order valence-electron chi connectivity index (χ3n) is 5.07. The summed E-state index contributed by atoms with van der Waals surface area (Å²) in [4.78, 5) is 2.45. The fourth-order valence-electron chi connectivity index (χ4n) is 3.42. The first-order chi connectivity index (χ1) is 12.1. The highest BCUT2D eigenvalue weighted by atomic mass is 16.6. The molecule has 0 spiro atoms. The molecule has 1 fully saturated rings. The summed E-state index contributed by atoms with van der Waals surface area (Å²) in [6.45, 7) is 5.42. The number of hydrogen-bond donors (Lipinski definition) is 1. The second kappa shape index (κ2) is 8.50. The van der Waals surface area contributed by atoms with Gasteiger partial charge in [0, 0.05) is 19.4 Å². The Kier molecular flexibility index (Phi) is 6.11. The van der Waals surface area contributed by atoms with E-state index in [1.807, 2.05) is 60.7 Å². The third kappa shape index (κ3) is 5.58. The van der Waals surface area contributed by atoms with Crippen LogP contribution in [0.2, 0.25) is 0 Å². The number of rotatable bonds is 7. The van der Waals surface area contributed by atoms with E-state index in [-0.39, 0.29) is 0 Å². The summed E-state index contributed by atoms with van der Waals surface area (Å²) in [5, 5.41) is 11.3. The van der Waals surface area contributed by atoms with Gasteiger partial charge in [0.05, 0.1) is 0 Å². The van der Waals surface area contributed by atoms with Crippen LogP contribution in [0.4, 0.5) is 0 Å². The van der Waals surface area contributed by atoms with Gasteiger partial charge >= 0.3 is 0 Å². The molecule has 0 bridgehead atoms. The summed E-state index contributed by atoms with van der Waals surface area (Å²) >= 11 is 0. The summed E-state index contributed by atoms with van der Waals surface area (Å²) in [5.41, 5.74) is 1.09. The minimum atomic E-state index is -1.19. The van der Waals surface area contributed by atoms with Gasteiger partial charge in [0.2, 0.25) is 5.79 Å². The van der Waals surface area contributed by atoms with Gasteiger partial charge in [-0.25, -0.2) is 0 Å². The monoisotopic (exact) mass is 339 g/mol. The zero-order valence-corrected chi connectivity index (χ0v) is 15.1. The van der Waals surface area contributed by atoms with E-state index in [1.54, 1.807) is 0 Å². The van der Waals surface area contributed by atoms with Gasteiger partial charge in [-0.3, -0.25) is 0 Å². The minimum Gasteiger partial charge on any atom is -0.462 e. The van der Waals surface area contributed by atoms with Crippen molar-refractivity contribution in [2.24, 2.45) is 5.92 Å². The topological polar surface area (TPSA) is 32.7 Å². The van der Waals surface area contributed by atoms with Gasteiger partial charge < -0.3 is 14.7 Å². The summed E-state index contributed by atoms with van der Waals surface area (Å²) in [7, 11) is 0. The number of aliphatic hydroxyl groups is 1. The van der Waals surface area contributed by atoms with Crippen LogP contribution < -0.4 is 4.74 Å². The predicted molar refractivity (Wildman–Crippen MR) is 102 cm³/mol. The molecule has 0 amide bonds. The lowest BCUT2D eigenvalue weighted by Crippen LogP contribution is -2.43. The molecule has 0 radical (unpaired) electrons. The number of ether oxygens (including phenoxy) is 1. The largest absolute Gasteiger partial charge is 0.462 e. The van der Waals surface area contributed by atoms with Gasteiger partial charge in [0.25, 0.3) is 0 Å². The molecule has 3 heteroatoms. The smallest absolute Gasteiger partial charge is 0.213 e. The standard InChI is InChI=1S/C22H29NO2/c1-19-12-15-23(16-13-19)17-14-22(24,18-20-8-4-2-5-9-20)25-21-10-6-3-7-11-21/h2-11,19,24H,12-18H2,1H3. The van der Waals surface area contributed by atoms with Crippen LogP contribution in [0.5, 0.6) is 5.75 Å². The maximum Gasteiger partial charge on any atom is 0.213 e. The summed E-state index contributed by atoms with van der Waals surface area (Å²) < 4.78 is 6.05. The van der Waals surface area contributed by atoms with E-state index >= 15 is 0 Å². The van der Waals surface area contributed by atoms with Crippen molar-refractivity contribution in [3.63, 3.8) is 0 Å². The Morgan fingerprint density at radius 1 is 1.00 bits per heavy atom. The molecule has 1 aliphatic rings. The van der Waals surface area contributed by atoms with Crippen molar-refractivity contribution in [3.8, 4) is 5.75 Å². The summed E-state index contributed by atoms with van der Waals surface area (Å²) in [5.74, 6) is 0.347. The van der Waals surface area contributed by atoms with E-state index in [0.29, 0.717) is 18.6 Å². The molecule has 2 aromatic carbocycles. The van der Waals surface area contributed by atoms with Crippen molar-refractivity contribution in [2.45, 2.75) is 38.4 Å². The average Bonchev–Trinajstić information content (AvgIpc) is 2.63. The Hall–Kier alpha value is -1.84. The predicted octanol–water partition coefficient (Wildman–Crippen LogP) is 4.12. The van der Waals surface area contributed by atoms with Crippen molar-refractivity contribution in [1.29, 1.82) is 0 Å². The van der Waals surface area contributed by atoms with Crippen molar-refractivity contribution in [1.82, 2.24) is 4.90 Å². The molecule has 3 rings (SSSR count). The minimum absolute atomic E-state index is 0.493. The molecule has 1 unspecified atom stereocenters. The Balaban J connectivity index is 1.67. The van der Waals surface area contributed by atoms with Crippen molar-refractivity contribution < 1.29 is 9.84 Å². The van der Waals surface area contributed by atoms with Crippen LogP contribution in [0.1, 0.15) is 31.7 Å². The quantitative estimate of drug-likeness (QED) is 0.770. The van der Waals surface area contributed by atoms with Gasteiger partial charge in [-0.05, 0) is 49.5 Å². The fourth-order valence-corrected chi connectivity index (χ4v) is 3.42. The van der Waals surface area contributed by atoms with Crippen LogP contribution >= 0.6 is 0 Å². The van der Waals surface area contributed by atoms with E-state index in [4.69, 9.17) is 4.74 Å². The lowest BCUT2D eigenvalue weighted by Gasteiger charge is -2.34. The summed E-state index contributed by atoms with van der Waals surface area (Å²) in [6.07, 6.45) is 3.59. The molecule has 0 saturated carbocycles. The normalized spacial score (nSPS) is 18.6. The maximum absolute atomic E-state index is 11.3. The number of hydrogen-bond acceptors (Lipinski definition) is 3. The van der Waals surface area contributed by atoms with Crippen LogP contribution in [0.15, 0.2) is 60.7 Å². The molecule has 1 heterocycles. The summed E-state index contributed by atoms with van der Waals surface area (Å²) in [6, 6.07) is 19.7. The molecule has 25 heavy (non-hydrogen) atoms. The zero-order valence-electron chi connectivity index (χ0n) is 15.1. The van der Waals surface area contributed by atoms with Crippen LogP contribution in [0, 0.1) is 5.92 Å². The van der Waals surface area contributed by atoms with Gasteiger partial charge in [0.1, 0.15) is 5.75 Å². The Bertz CT molecular complexity index is 579. The SMILES string of the molecule is CC1CCN(CCC(O)(Cc2ccccc2)Oc2ccccc2)CC1. The van der Waals surface area contributed by atoms with E-state index in [1.165, 1.54) is 12.8 Å². The van der Waals surface area contributed by atoms with Gasteiger partial charge in [0.15, 0.2) is 0 Å². The van der Waals surface area contributed by atoms with Crippen molar-refractivity contribution >= 4 is 0 Å². The van der Waals surface area contributed by atoms with E-state index in [9.17, 15) is 5.11 Å². The number of para-hydroxylation sites is 1. The molecule has 134 valence electrons. The van der Waals surface area contributed by atoms with Crippen molar-refractivity contribution in [2.75, 3.05) is 19.6 Å². The van der Waals surface area contributed by atoms with E-state index in [2.05, 4.69) is 11.8 Å². The first-order valence-electron chi connectivity index (χ1n) is 9.36. The van der Waals surface area contributed by atoms with Crippen LogP contribution in [-0.2, 0) is 6.42 Å². The molecule has 0 aromatic heterocycles. The molecule has 1 aliphatic heterocycles. The first-order valence-corrected chi connectivity index (χ1v) is 9.36. The molecule has 0 aliphatic carbocycles. The lowest BCUT2D eigenvalue weighted by molar-refractivity contribution is -0.145. The maximum atomic E-state index is 11.3. The second-order valence-corrected chi connectivity index (χ2v) is 7.30. The van der Waals surface area contributed by atoms with Crippen molar-refractivity contribution in [3.05, 3.63) is 66.2 Å². The fraction of sp³-hybridized carbons (Fsp3) is 0.455. The molecule has 1 saturated heterocycles. The molecule has 3 nitrogen and oxygen atoms in total. The molecule has 2 aromatic rings. The molecule has 1 atom stereocenters. The van der Waals surface area contributed by atoms with Crippen LogP contribution in [0.25, 0.3) is 0 Å². The number of benzene rings is 2. The Labute approximate surface area is 151 Å². The van der Waals surface area contributed by atoms with Gasteiger partial charge in [-0.1, -0.05) is 55.5 Å². The van der Waals surface area contributed by atoms with Crippen LogP contribution in [0.3, 0.4) is 0 Å². The first kappa shape index (κ1) is 18.0. The lowest BCUT2D eigenvalue weighted by atomic mass is 9.97. The second-order valence-electron chi connectivity index (χ2n) is 7.30. The number of likely N-dealkylation sites (tertiary alicyclic amines) is 1. The van der Waals surface area contributed by atoms with Gasteiger partial charge in [-0.2, -0.15) is 0 Å². The number of piperidine rings is 1. The molecular formula is C22H29NO2.